The molecule has 0 aromatic rings. The normalized spacial score (nSPS) is 8.42. The van der Waals surface area contributed by atoms with Crippen LogP contribution in [-0.4, -0.2) is 51.2 Å². The van der Waals surface area contributed by atoms with E-state index in [0.29, 0.717) is 0 Å². The SMILES string of the molecule is O=C([O-])CCCC(=O)[O-].O=C([O-])CCCC(=O)[O-].[Pb]. The molecule has 0 amide bonds. The zero-order chi connectivity index (χ0) is 14.6. The summed E-state index contributed by atoms with van der Waals surface area (Å²) in [5.74, 6) is -4.90. The van der Waals surface area contributed by atoms with E-state index in [9.17, 15) is 39.6 Å². The Morgan fingerprint density at radius 2 is 0.684 bits per heavy atom. The maximum atomic E-state index is 9.66. The number of carbonyl (C=O) groups is 4. The average Bonchev–Trinajstić information content (AvgIpc) is 2.15. The van der Waals surface area contributed by atoms with Gasteiger partial charge in [0.05, 0.1) is 0 Å². The second-order valence-corrected chi connectivity index (χ2v) is 3.20. The number of carboxylic acid groups (broad SMARTS) is 4. The van der Waals surface area contributed by atoms with Gasteiger partial charge in [0.25, 0.3) is 0 Å². The van der Waals surface area contributed by atoms with Gasteiger partial charge in [-0.15, -0.1) is 0 Å². The molecule has 0 aromatic heterocycles. The number of hydrogen-bond donors (Lipinski definition) is 0. The van der Waals surface area contributed by atoms with Gasteiger partial charge in [-0.25, -0.2) is 0 Å². The van der Waals surface area contributed by atoms with Crippen LogP contribution in [0, 0.1) is 0 Å². The fourth-order valence-electron chi connectivity index (χ4n) is 0.754. The summed E-state index contributed by atoms with van der Waals surface area (Å²) in [6.45, 7) is 0. The van der Waals surface area contributed by atoms with Crippen LogP contribution < -0.4 is 20.4 Å². The predicted molar refractivity (Wildman–Crippen MR) is 53.5 cm³/mol. The van der Waals surface area contributed by atoms with Crippen molar-refractivity contribution in [3.8, 4) is 0 Å². The van der Waals surface area contributed by atoms with Gasteiger partial charge in [-0.3, -0.25) is 0 Å². The van der Waals surface area contributed by atoms with E-state index in [1.165, 1.54) is 0 Å². The van der Waals surface area contributed by atoms with Crippen LogP contribution in [0.3, 0.4) is 0 Å². The van der Waals surface area contributed by atoms with E-state index in [1.807, 2.05) is 0 Å². The smallest absolute Gasteiger partial charge is 0.0414 e. The van der Waals surface area contributed by atoms with Crippen molar-refractivity contribution in [2.75, 3.05) is 0 Å². The van der Waals surface area contributed by atoms with Crippen molar-refractivity contribution >= 4 is 51.2 Å². The van der Waals surface area contributed by atoms with Crippen molar-refractivity contribution in [3.05, 3.63) is 0 Å². The molecule has 0 spiro atoms. The average molecular weight is 467 g/mol. The van der Waals surface area contributed by atoms with E-state index in [2.05, 4.69) is 0 Å². The van der Waals surface area contributed by atoms with Gasteiger partial charge in [0.1, 0.15) is 0 Å². The van der Waals surface area contributed by atoms with Crippen molar-refractivity contribution in [1.82, 2.24) is 0 Å². The summed E-state index contributed by atoms with van der Waals surface area (Å²) in [5.41, 5.74) is 0. The molecule has 8 nitrogen and oxygen atoms in total. The second-order valence-electron chi connectivity index (χ2n) is 3.20. The molecule has 108 valence electrons. The van der Waals surface area contributed by atoms with Crippen LogP contribution in [-0.2, 0) is 19.2 Å². The molecule has 4 radical (unpaired) electrons. The summed E-state index contributed by atoms with van der Waals surface area (Å²) in [6, 6.07) is 0. The zero-order valence-electron chi connectivity index (χ0n) is 10.0. The molecule has 0 rings (SSSR count). The summed E-state index contributed by atoms with van der Waals surface area (Å²) < 4.78 is 0. The van der Waals surface area contributed by atoms with Gasteiger partial charge < -0.3 is 39.6 Å². The van der Waals surface area contributed by atoms with E-state index in [0.717, 1.165) is 0 Å². The molecule has 0 saturated heterocycles. The summed E-state index contributed by atoms with van der Waals surface area (Å²) >= 11 is 0. The van der Waals surface area contributed by atoms with Gasteiger partial charge in [-0.05, 0) is 38.5 Å². The number of carbonyl (C=O) groups excluding carboxylic acids is 4. The van der Waals surface area contributed by atoms with E-state index >= 15 is 0 Å². The van der Waals surface area contributed by atoms with E-state index in [-0.39, 0.29) is 65.8 Å². The topological polar surface area (TPSA) is 161 Å². The largest absolute Gasteiger partial charge is 0.550 e. The van der Waals surface area contributed by atoms with Crippen LogP contribution in [0.2, 0.25) is 0 Å². The molecule has 0 aromatic carbocycles. The Morgan fingerprint density at radius 1 is 0.526 bits per heavy atom. The Bertz CT molecular complexity index is 244. The van der Waals surface area contributed by atoms with Crippen LogP contribution in [0.5, 0.6) is 0 Å². The van der Waals surface area contributed by atoms with E-state index < -0.39 is 23.9 Å². The van der Waals surface area contributed by atoms with E-state index in [4.69, 9.17) is 0 Å². The fraction of sp³-hybridized carbons (Fsp3) is 0.600. The maximum absolute atomic E-state index is 9.66. The Labute approximate surface area is 129 Å². The molecule has 0 atom stereocenters. The Kier molecular flexibility index (Phi) is 17.9. The van der Waals surface area contributed by atoms with Crippen LogP contribution in [0.15, 0.2) is 0 Å². The second kappa shape index (κ2) is 14.9. The van der Waals surface area contributed by atoms with Gasteiger partial charge in [0.15, 0.2) is 0 Å². The first-order valence-electron chi connectivity index (χ1n) is 5.05. The molecule has 0 N–H and O–H groups in total. The molecule has 0 aliphatic rings. The molecule has 0 saturated carbocycles. The summed E-state index contributed by atoms with van der Waals surface area (Å²) in [7, 11) is 0. The molecule has 0 bridgehead atoms. The molecule has 0 aliphatic carbocycles. The maximum Gasteiger partial charge on any atom is 0.0414 e. The van der Waals surface area contributed by atoms with Crippen molar-refractivity contribution in [2.24, 2.45) is 0 Å². The fourth-order valence-corrected chi connectivity index (χ4v) is 0.754. The van der Waals surface area contributed by atoms with Gasteiger partial charge in [-0.1, -0.05) is 0 Å². The quantitative estimate of drug-likeness (QED) is 0.321. The molecule has 0 fully saturated rings. The minimum Gasteiger partial charge on any atom is -0.550 e. The molecule has 19 heavy (non-hydrogen) atoms. The first-order chi connectivity index (χ1) is 8.25. The standard InChI is InChI=1S/2C5H8O4.Pb/c2*6-4(7)2-1-3-5(8)9;/h2*1-3H2,(H,6,7)(H,8,9);/p-4. The third-order valence-electron chi connectivity index (χ3n) is 1.52. The zero-order valence-corrected chi connectivity index (χ0v) is 13.9. The van der Waals surface area contributed by atoms with Crippen LogP contribution in [0.1, 0.15) is 38.5 Å². The van der Waals surface area contributed by atoms with Gasteiger partial charge >= 0.3 is 0 Å². The van der Waals surface area contributed by atoms with Gasteiger partial charge in [0, 0.05) is 51.2 Å². The minimum absolute atomic E-state index is 0. The molecule has 0 aliphatic heterocycles. The van der Waals surface area contributed by atoms with Gasteiger partial charge in [0.2, 0.25) is 0 Å². The van der Waals surface area contributed by atoms with Crippen molar-refractivity contribution in [2.45, 2.75) is 38.5 Å². The number of aliphatic carboxylic acids is 4. The summed E-state index contributed by atoms with van der Waals surface area (Å²) in [5, 5.41) is 38.6. The number of rotatable bonds is 8. The first-order valence-corrected chi connectivity index (χ1v) is 5.05. The van der Waals surface area contributed by atoms with E-state index in [1.54, 1.807) is 0 Å². The Hall–Kier alpha value is -1.20. The van der Waals surface area contributed by atoms with Crippen molar-refractivity contribution in [3.63, 3.8) is 0 Å². The molecule has 9 heteroatoms. The molecule has 0 heterocycles. The summed E-state index contributed by atoms with van der Waals surface area (Å²) in [6.07, 6.45) is -0.681. The van der Waals surface area contributed by atoms with Crippen LogP contribution >= 0.6 is 0 Å². The Balaban J connectivity index is -0.000000256. The summed E-state index contributed by atoms with van der Waals surface area (Å²) in [4.78, 5) is 38.6. The molecule has 0 unspecified atom stereocenters. The third-order valence-corrected chi connectivity index (χ3v) is 1.52. The van der Waals surface area contributed by atoms with Crippen LogP contribution in [0.25, 0.3) is 0 Å². The van der Waals surface area contributed by atoms with Crippen molar-refractivity contribution in [1.29, 1.82) is 0 Å². The number of carboxylic acids is 4. The predicted octanol–water partition coefficient (Wildman–Crippen LogP) is -5.07. The van der Waals surface area contributed by atoms with Crippen molar-refractivity contribution < 1.29 is 39.6 Å². The monoisotopic (exact) mass is 468 g/mol. The first kappa shape index (κ1) is 22.9. The molecular weight excluding hydrogens is 455 g/mol. The minimum atomic E-state index is -1.23. The van der Waals surface area contributed by atoms with Gasteiger partial charge in [-0.2, -0.15) is 0 Å². The molecular formula is C10H12O8Pb-4. The third kappa shape index (κ3) is 31.5. The van der Waals surface area contributed by atoms with Crippen LogP contribution in [0.4, 0.5) is 0 Å². The Morgan fingerprint density at radius 3 is 0.789 bits per heavy atom. The number of hydrogen-bond acceptors (Lipinski definition) is 8.